The van der Waals surface area contributed by atoms with Crippen LogP contribution >= 0.6 is 11.6 Å². The molecule has 0 aliphatic heterocycles. The van der Waals surface area contributed by atoms with Crippen molar-refractivity contribution in [3.05, 3.63) is 59.6 Å². The third kappa shape index (κ3) is 3.49. The van der Waals surface area contributed by atoms with Gasteiger partial charge in [-0.15, -0.1) is 0 Å². The van der Waals surface area contributed by atoms with E-state index in [0.29, 0.717) is 38.9 Å². The Balaban J connectivity index is 1.77. The SMILES string of the molecule is COc1ccc(Cl)cc1-c1nn(CC#N)cc1NC(=O)c1cnn2cccnc12. The number of hydrogen-bond donors (Lipinski definition) is 1. The van der Waals surface area contributed by atoms with Crippen LogP contribution in [0.15, 0.2) is 49.1 Å². The maximum Gasteiger partial charge on any atom is 0.261 e. The first-order valence-corrected chi connectivity index (χ1v) is 8.86. The van der Waals surface area contributed by atoms with Crippen LogP contribution in [0.3, 0.4) is 0 Å². The van der Waals surface area contributed by atoms with Gasteiger partial charge in [0.1, 0.15) is 23.6 Å². The lowest BCUT2D eigenvalue weighted by atomic mass is 10.1. The molecule has 0 aliphatic carbocycles. The fourth-order valence-corrected chi connectivity index (χ4v) is 3.08. The summed E-state index contributed by atoms with van der Waals surface area (Å²) in [6, 6.07) is 8.84. The zero-order chi connectivity index (χ0) is 20.4. The van der Waals surface area contributed by atoms with Crippen molar-refractivity contribution in [1.82, 2.24) is 24.4 Å². The molecule has 10 heteroatoms. The summed E-state index contributed by atoms with van der Waals surface area (Å²) in [5.41, 5.74) is 2.16. The molecule has 3 heterocycles. The summed E-state index contributed by atoms with van der Waals surface area (Å²) in [5.74, 6) is 0.127. The van der Waals surface area contributed by atoms with Crippen molar-refractivity contribution in [3.8, 4) is 23.1 Å². The van der Waals surface area contributed by atoms with Crippen LogP contribution < -0.4 is 10.1 Å². The number of anilines is 1. The normalized spacial score (nSPS) is 10.7. The van der Waals surface area contributed by atoms with Crippen LogP contribution in [0.4, 0.5) is 5.69 Å². The van der Waals surface area contributed by atoms with Crippen LogP contribution in [-0.2, 0) is 6.54 Å². The van der Waals surface area contributed by atoms with Gasteiger partial charge in [-0.2, -0.15) is 15.5 Å². The lowest BCUT2D eigenvalue weighted by molar-refractivity contribution is 0.102. The smallest absolute Gasteiger partial charge is 0.261 e. The molecule has 0 saturated heterocycles. The molecular formula is C19H14ClN7O2. The number of rotatable bonds is 5. The summed E-state index contributed by atoms with van der Waals surface area (Å²) in [6.07, 6.45) is 6.31. The molecule has 29 heavy (non-hydrogen) atoms. The lowest BCUT2D eigenvalue weighted by Gasteiger charge is -2.09. The number of methoxy groups -OCH3 is 1. The first-order valence-electron chi connectivity index (χ1n) is 8.48. The molecule has 0 unspecified atom stereocenters. The van der Waals surface area contributed by atoms with Gasteiger partial charge >= 0.3 is 0 Å². The minimum Gasteiger partial charge on any atom is -0.496 e. The molecule has 9 nitrogen and oxygen atoms in total. The van der Waals surface area contributed by atoms with Crippen molar-refractivity contribution in [2.45, 2.75) is 6.54 Å². The fourth-order valence-electron chi connectivity index (χ4n) is 2.91. The number of carbonyl (C=O) groups excluding carboxylic acids is 1. The van der Waals surface area contributed by atoms with E-state index in [2.05, 4.69) is 20.5 Å². The molecule has 1 aromatic carbocycles. The number of ether oxygens (including phenoxy) is 1. The highest BCUT2D eigenvalue weighted by Crippen LogP contribution is 2.36. The maximum absolute atomic E-state index is 12.9. The Kier molecular flexibility index (Phi) is 4.85. The Bertz CT molecular complexity index is 1260. The van der Waals surface area contributed by atoms with Crippen LogP contribution in [0.1, 0.15) is 10.4 Å². The van der Waals surface area contributed by atoms with Gasteiger partial charge in [-0.25, -0.2) is 9.50 Å². The number of fused-ring (bicyclic) bond motifs is 1. The van der Waals surface area contributed by atoms with Crippen LogP contribution in [0, 0.1) is 11.3 Å². The molecule has 4 aromatic rings. The van der Waals surface area contributed by atoms with Gasteiger partial charge in [0.2, 0.25) is 0 Å². The van der Waals surface area contributed by atoms with Gasteiger partial charge in [-0.05, 0) is 24.3 Å². The van der Waals surface area contributed by atoms with Gasteiger partial charge in [0.25, 0.3) is 5.91 Å². The van der Waals surface area contributed by atoms with Crippen LogP contribution in [0.25, 0.3) is 16.9 Å². The third-order valence-electron chi connectivity index (χ3n) is 4.18. The van der Waals surface area contributed by atoms with Gasteiger partial charge in [-0.1, -0.05) is 11.6 Å². The molecule has 0 bridgehead atoms. The molecule has 0 radical (unpaired) electrons. The molecule has 144 valence electrons. The van der Waals surface area contributed by atoms with Gasteiger partial charge in [0, 0.05) is 23.0 Å². The summed E-state index contributed by atoms with van der Waals surface area (Å²) in [5, 5.41) is 20.9. The van der Waals surface area contributed by atoms with E-state index in [9.17, 15) is 4.79 Å². The van der Waals surface area contributed by atoms with Crippen LogP contribution in [0.2, 0.25) is 5.02 Å². The van der Waals surface area contributed by atoms with E-state index in [1.807, 2.05) is 6.07 Å². The number of halogens is 1. The van der Waals surface area contributed by atoms with Gasteiger partial charge in [0.05, 0.1) is 31.3 Å². The van der Waals surface area contributed by atoms with Crippen molar-refractivity contribution in [2.24, 2.45) is 0 Å². The molecule has 4 rings (SSSR count). The van der Waals surface area contributed by atoms with Crippen LogP contribution in [0.5, 0.6) is 5.75 Å². The summed E-state index contributed by atoms with van der Waals surface area (Å²) >= 11 is 6.15. The number of nitriles is 1. The van der Waals surface area contributed by atoms with E-state index in [-0.39, 0.29) is 6.54 Å². The first-order chi connectivity index (χ1) is 14.1. The maximum atomic E-state index is 12.9. The third-order valence-corrected chi connectivity index (χ3v) is 4.42. The zero-order valence-corrected chi connectivity index (χ0v) is 16.0. The minimum atomic E-state index is -0.405. The van der Waals surface area contributed by atoms with E-state index in [1.54, 1.807) is 42.9 Å². The summed E-state index contributed by atoms with van der Waals surface area (Å²) < 4.78 is 8.34. The number of benzene rings is 1. The van der Waals surface area contributed by atoms with Crippen LogP contribution in [-0.4, -0.2) is 37.4 Å². The standard InChI is InChI=1S/C19H14ClN7O2/c1-29-16-4-3-12(20)9-13(16)17-15(11-26(25-17)8-5-21)24-19(28)14-10-23-27-7-2-6-22-18(14)27/h2-4,6-7,9-11H,8H2,1H3,(H,24,28). The number of carbonyl (C=O) groups is 1. The Morgan fingerprint density at radius 1 is 1.41 bits per heavy atom. The Labute approximate surface area is 170 Å². The molecule has 3 aromatic heterocycles. The number of nitrogens with zero attached hydrogens (tertiary/aromatic N) is 6. The molecule has 0 aliphatic rings. The summed E-state index contributed by atoms with van der Waals surface area (Å²) in [6.45, 7) is 0.0179. The second kappa shape index (κ2) is 7.61. The molecule has 0 atom stereocenters. The molecule has 0 saturated carbocycles. The topological polar surface area (TPSA) is 110 Å². The van der Waals surface area contributed by atoms with Gasteiger partial charge in [0.15, 0.2) is 5.65 Å². The first kappa shape index (κ1) is 18.5. The predicted octanol–water partition coefficient (Wildman–Crippen LogP) is 3.03. The van der Waals surface area contributed by atoms with Crippen molar-refractivity contribution in [3.63, 3.8) is 0 Å². The molecule has 1 N–H and O–H groups in total. The van der Waals surface area contributed by atoms with Crippen molar-refractivity contribution < 1.29 is 9.53 Å². The largest absolute Gasteiger partial charge is 0.496 e. The highest BCUT2D eigenvalue weighted by molar-refractivity contribution is 6.31. The number of aromatic nitrogens is 5. The highest BCUT2D eigenvalue weighted by atomic mass is 35.5. The Hall–Kier alpha value is -3.90. The lowest BCUT2D eigenvalue weighted by Crippen LogP contribution is -2.12. The molecule has 1 amide bonds. The minimum absolute atomic E-state index is 0.0179. The summed E-state index contributed by atoms with van der Waals surface area (Å²) in [7, 11) is 1.53. The van der Waals surface area contributed by atoms with E-state index in [0.717, 1.165) is 0 Å². The van der Waals surface area contributed by atoms with Crippen molar-refractivity contribution in [2.75, 3.05) is 12.4 Å². The van der Waals surface area contributed by atoms with Crippen molar-refractivity contribution in [1.29, 1.82) is 5.26 Å². The Morgan fingerprint density at radius 2 is 2.28 bits per heavy atom. The molecular weight excluding hydrogens is 394 g/mol. The summed E-state index contributed by atoms with van der Waals surface area (Å²) in [4.78, 5) is 17.1. The quantitative estimate of drug-likeness (QED) is 0.544. The number of hydrogen-bond acceptors (Lipinski definition) is 6. The van der Waals surface area contributed by atoms with E-state index < -0.39 is 5.91 Å². The monoisotopic (exact) mass is 407 g/mol. The van der Waals surface area contributed by atoms with E-state index in [4.69, 9.17) is 21.6 Å². The predicted molar refractivity (Wildman–Crippen MR) is 106 cm³/mol. The second-order valence-corrected chi connectivity index (χ2v) is 6.43. The molecule has 0 fully saturated rings. The number of amides is 1. The average molecular weight is 408 g/mol. The van der Waals surface area contributed by atoms with Crippen molar-refractivity contribution >= 4 is 28.8 Å². The average Bonchev–Trinajstić information content (AvgIpc) is 3.32. The highest BCUT2D eigenvalue weighted by Gasteiger charge is 2.20. The van der Waals surface area contributed by atoms with Gasteiger partial charge in [-0.3, -0.25) is 9.48 Å². The van der Waals surface area contributed by atoms with E-state index in [1.165, 1.54) is 22.5 Å². The van der Waals surface area contributed by atoms with E-state index >= 15 is 0 Å². The second-order valence-electron chi connectivity index (χ2n) is 5.99. The fraction of sp³-hybridized carbons (Fsp3) is 0.105. The Morgan fingerprint density at radius 3 is 3.07 bits per heavy atom. The van der Waals surface area contributed by atoms with Gasteiger partial charge < -0.3 is 10.1 Å². The number of nitrogens with one attached hydrogen (secondary N) is 1. The zero-order valence-electron chi connectivity index (χ0n) is 15.2. The molecule has 0 spiro atoms.